The summed E-state index contributed by atoms with van der Waals surface area (Å²) in [7, 11) is 0. The summed E-state index contributed by atoms with van der Waals surface area (Å²) >= 11 is 0. The molecule has 1 aliphatic heterocycles. The average Bonchev–Trinajstić information content (AvgIpc) is 2.67. The Kier molecular flexibility index (Phi) is 2.76. The lowest BCUT2D eigenvalue weighted by atomic mass is 10.1. The second-order valence-electron chi connectivity index (χ2n) is 3.97. The molecule has 0 aromatic rings. The summed E-state index contributed by atoms with van der Waals surface area (Å²) in [6, 6.07) is 0. The first-order valence-electron chi connectivity index (χ1n) is 4.48. The van der Waals surface area contributed by atoms with Crippen LogP contribution in [-0.2, 0) is 14.3 Å². The van der Waals surface area contributed by atoms with Crippen molar-refractivity contribution in [3.05, 3.63) is 12.2 Å². The molecule has 1 aliphatic rings. The second-order valence-corrected chi connectivity index (χ2v) is 3.97. The lowest BCUT2D eigenvalue weighted by Crippen LogP contribution is -2.23. The summed E-state index contributed by atoms with van der Waals surface area (Å²) in [5.41, 5.74) is 0.415. The van der Waals surface area contributed by atoms with E-state index in [1.54, 1.807) is 6.92 Å². The second kappa shape index (κ2) is 3.50. The number of carbonyl (C=O) groups is 1. The van der Waals surface area contributed by atoms with Crippen molar-refractivity contribution in [2.24, 2.45) is 5.92 Å². The van der Waals surface area contributed by atoms with Crippen LogP contribution in [0.5, 0.6) is 0 Å². The highest BCUT2D eigenvalue weighted by Gasteiger charge is 2.49. The normalized spacial score (nSPS) is 25.8. The summed E-state index contributed by atoms with van der Waals surface area (Å²) in [5.74, 6) is -0.539. The smallest absolute Gasteiger partial charge is 0.335 e. The molecule has 1 rings (SSSR count). The highest BCUT2D eigenvalue weighted by atomic mass is 16.8. The van der Waals surface area contributed by atoms with Gasteiger partial charge in [-0.2, -0.15) is 0 Å². The molecule has 0 amide bonds. The molecule has 0 bridgehead atoms. The molecule has 3 heteroatoms. The highest BCUT2D eigenvalue weighted by Crippen LogP contribution is 2.35. The van der Waals surface area contributed by atoms with E-state index in [0.29, 0.717) is 18.1 Å². The Morgan fingerprint density at radius 2 is 2.23 bits per heavy atom. The molecule has 1 unspecified atom stereocenters. The number of ether oxygens (including phenoxy) is 2. The monoisotopic (exact) mass is 184 g/mol. The van der Waals surface area contributed by atoms with Gasteiger partial charge in [0.15, 0.2) is 0 Å². The van der Waals surface area contributed by atoms with Gasteiger partial charge in [0.25, 0.3) is 0 Å². The van der Waals surface area contributed by atoms with Crippen molar-refractivity contribution in [1.29, 1.82) is 0 Å². The van der Waals surface area contributed by atoms with Crippen molar-refractivity contribution in [2.75, 3.05) is 6.61 Å². The van der Waals surface area contributed by atoms with Crippen molar-refractivity contribution in [3.63, 3.8) is 0 Å². The quantitative estimate of drug-likeness (QED) is 0.380. The van der Waals surface area contributed by atoms with Gasteiger partial charge >= 0.3 is 5.97 Å². The molecular formula is C10H16O3. The van der Waals surface area contributed by atoms with E-state index in [9.17, 15) is 4.79 Å². The fourth-order valence-corrected chi connectivity index (χ4v) is 1.18. The molecule has 0 spiro atoms. The fraction of sp³-hybridized carbons (Fsp3) is 0.700. The largest absolute Gasteiger partial charge is 0.427 e. The molecule has 74 valence electrons. The van der Waals surface area contributed by atoms with Gasteiger partial charge in [0.1, 0.15) is 6.61 Å². The molecule has 1 fully saturated rings. The minimum absolute atomic E-state index is 0.363. The maximum Gasteiger partial charge on any atom is 0.335 e. The Hall–Kier alpha value is -0.830. The van der Waals surface area contributed by atoms with Gasteiger partial charge in [-0.25, -0.2) is 4.79 Å². The lowest BCUT2D eigenvalue weighted by molar-refractivity contribution is -0.155. The van der Waals surface area contributed by atoms with Crippen LogP contribution in [-0.4, -0.2) is 18.4 Å². The van der Waals surface area contributed by atoms with E-state index in [1.807, 2.05) is 0 Å². The predicted molar refractivity (Wildman–Crippen MR) is 49.0 cm³/mol. The van der Waals surface area contributed by atoms with Gasteiger partial charge in [-0.05, 0) is 12.8 Å². The number of hydrogen-bond acceptors (Lipinski definition) is 3. The molecular weight excluding hydrogens is 168 g/mol. The molecule has 0 N–H and O–H groups in total. The van der Waals surface area contributed by atoms with Crippen LogP contribution in [0.25, 0.3) is 0 Å². The van der Waals surface area contributed by atoms with Crippen LogP contribution in [0.4, 0.5) is 0 Å². The zero-order chi connectivity index (χ0) is 10.1. The molecule has 0 aromatic carbocycles. The number of epoxide rings is 1. The first kappa shape index (κ1) is 10.3. The lowest BCUT2D eigenvalue weighted by Gasteiger charge is -2.14. The molecule has 1 heterocycles. The first-order valence-corrected chi connectivity index (χ1v) is 4.48. The van der Waals surface area contributed by atoms with Crippen LogP contribution in [0.1, 0.15) is 27.2 Å². The van der Waals surface area contributed by atoms with Crippen molar-refractivity contribution >= 4 is 5.97 Å². The van der Waals surface area contributed by atoms with Crippen molar-refractivity contribution in [3.8, 4) is 0 Å². The van der Waals surface area contributed by atoms with Crippen LogP contribution in [0.2, 0.25) is 0 Å². The number of esters is 1. The topological polar surface area (TPSA) is 38.8 Å². The minimum Gasteiger partial charge on any atom is -0.427 e. The summed E-state index contributed by atoms with van der Waals surface area (Å²) in [6.45, 7) is 9.80. The van der Waals surface area contributed by atoms with Crippen molar-refractivity contribution in [1.82, 2.24) is 0 Å². The zero-order valence-electron chi connectivity index (χ0n) is 8.42. The summed E-state index contributed by atoms with van der Waals surface area (Å²) in [6.07, 6.45) is 0.756. The number of rotatable bonds is 4. The van der Waals surface area contributed by atoms with E-state index in [-0.39, 0.29) is 5.97 Å². The Labute approximate surface area is 78.7 Å². The molecule has 13 heavy (non-hydrogen) atoms. The first-order chi connectivity index (χ1) is 5.95. The third kappa shape index (κ3) is 2.84. The van der Waals surface area contributed by atoms with Crippen molar-refractivity contribution < 1.29 is 14.3 Å². The molecule has 0 aliphatic carbocycles. The SMILES string of the molecule is C=C(C)C(=O)OC1(CC(C)C)CO1. The minimum atomic E-state index is -0.635. The molecule has 0 radical (unpaired) electrons. The Morgan fingerprint density at radius 1 is 1.69 bits per heavy atom. The van der Waals surface area contributed by atoms with Crippen LogP contribution in [0.15, 0.2) is 12.2 Å². The number of hydrogen-bond donors (Lipinski definition) is 0. The van der Waals surface area contributed by atoms with E-state index in [2.05, 4.69) is 20.4 Å². The third-order valence-corrected chi connectivity index (χ3v) is 1.81. The molecule has 1 atom stereocenters. The van der Waals surface area contributed by atoms with Crippen molar-refractivity contribution in [2.45, 2.75) is 33.0 Å². The van der Waals surface area contributed by atoms with E-state index < -0.39 is 5.79 Å². The third-order valence-electron chi connectivity index (χ3n) is 1.81. The molecule has 0 saturated carbocycles. The van der Waals surface area contributed by atoms with Gasteiger partial charge in [0.05, 0.1) is 0 Å². The maximum absolute atomic E-state index is 11.2. The molecule has 0 aromatic heterocycles. The van der Waals surface area contributed by atoms with Crippen LogP contribution < -0.4 is 0 Å². The number of carbonyl (C=O) groups excluding carboxylic acids is 1. The van der Waals surface area contributed by atoms with Gasteiger partial charge in [0, 0.05) is 12.0 Å². The van der Waals surface area contributed by atoms with Crippen LogP contribution in [0, 0.1) is 5.92 Å². The molecule has 1 saturated heterocycles. The Morgan fingerprint density at radius 3 is 2.54 bits per heavy atom. The molecule has 3 nitrogen and oxygen atoms in total. The average molecular weight is 184 g/mol. The Balaban J connectivity index is 2.44. The van der Waals surface area contributed by atoms with Gasteiger partial charge in [-0.1, -0.05) is 20.4 Å². The van der Waals surface area contributed by atoms with Crippen LogP contribution >= 0.6 is 0 Å². The summed E-state index contributed by atoms with van der Waals surface area (Å²) in [5, 5.41) is 0. The maximum atomic E-state index is 11.2. The van der Waals surface area contributed by atoms with E-state index >= 15 is 0 Å². The van der Waals surface area contributed by atoms with E-state index in [0.717, 1.165) is 6.42 Å². The van der Waals surface area contributed by atoms with Gasteiger partial charge < -0.3 is 9.47 Å². The van der Waals surface area contributed by atoms with E-state index in [1.165, 1.54) is 0 Å². The zero-order valence-corrected chi connectivity index (χ0v) is 8.42. The van der Waals surface area contributed by atoms with Gasteiger partial charge in [-0.15, -0.1) is 0 Å². The predicted octanol–water partition coefficient (Wildman–Crippen LogP) is 1.88. The van der Waals surface area contributed by atoms with E-state index in [4.69, 9.17) is 9.47 Å². The fourth-order valence-electron chi connectivity index (χ4n) is 1.18. The summed E-state index contributed by atoms with van der Waals surface area (Å²) < 4.78 is 10.3. The standard InChI is InChI=1S/C10H16O3/c1-7(2)5-10(6-12-10)13-9(11)8(3)4/h7H,3,5-6H2,1-2,4H3. The van der Waals surface area contributed by atoms with Gasteiger partial charge in [0.2, 0.25) is 5.79 Å². The Bertz CT molecular complexity index is 226. The van der Waals surface area contributed by atoms with Crippen LogP contribution in [0.3, 0.4) is 0 Å². The highest BCUT2D eigenvalue weighted by molar-refractivity contribution is 5.87. The summed E-state index contributed by atoms with van der Waals surface area (Å²) in [4.78, 5) is 11.2. The van der Waals surface area contributed by atoms with Gasteiger partial charge in [-0.3, -0.25) is 0 Å².